The molecule has 0 aliphatic carbocycles. The number of furan rings is 1. The molecule has 1 aromatic rings. The molecule has 20 heavy (non-hydrogen) atoms. The van der Waals surface area contributed by atoms with Crippen molar-refractivity contribution in [2.45, 2.75) is 32.4 Å². The highest BCUT2D eigenvalue weighted by molar-refractivity contribution is 7.91. The third-order valence-electron chi connectivity index (χ3n) is 3.79. The molecule has 1 aliphatic rings. The molecule has 1 N–H and O–H groups in total. The van der Waals surface area contributed by atoms with Crippen LogP contribution in [0, 0.1) is 0 Å². The Morgan fingerprint density at radius 3 is 2.70 bits per heavy atom. The van der Waals surface area contributed by atoms with Crippen LogP contribution in [0.4, 0.5) is 0 Å². The zero-order chi connectivity index (χ0) is 14.9. The SMILES string of the molecule is CCN(C1CCS(=O)(=O)C1)C(C)c1ccc(C(=O)O)o1. The maximum Gasteiger partial charge on any atom is 0.371 e. The Morgan fingerprint density at radius 2 is 2.25 bits per heavy atom. The summed E-state index contributed by atoms with van der Waals surface area (Å²) in [5.41, 5.74) is 0. The van der Waals surface area contributed by atoms with E-state index < -0.39 is 15.8 Å². The summed E-state index contributed by atoms with van der Waals surface area (Å²) in [5.74, 6) is -0.262. The molecule has 2 heterocycles. The molecular formula is C13H19NO5S. The molecule has 1 aromatic heterocycles. The second kappa shape index (κ2) is 5.57. The zero-order valence-corrected chi connectivity index (χ0v) is 12.4. The standard InChI is InChI=1S/C13H19NO5S/c1-3-14(10-6-7-20(17,18)8-10)9(2)11-4-5-12(19-11)13(15)16/h4-5,9-10H,3,6-8H2,1-2H3,(H,15,16). The molecule has 1 fully saturated rings. The summed E-state index contributed by atoms with van der Waals surface area (Å²) in [6.45, 7) is 4.55. The molecule has 6 nitrogen and oxygen atoms in total. The van der Waals surface area contributed by atoms with E-state index in [1.165, 1.54) is 6.07 Å². The summed E-state index contributed by atoms with van der Waals surface area (Å²) < 4.78 is 28.5. The fourth-order valence-corrected chi connectivity index (χ4v) is 4.48. The van der Waals surface area contributed by atoms with Crippen molar-refractivity contribution in [1.29, 1.82) is 0 Å². The van der Waals surface area contributed by atoms with Crippen LogP contribution in [0.5, 0.6) is 0 Å². The Hall–Kier alpha value is -1.34. The maximum atomic E-state index is 11.6. The van der Waals surface area contributed by atoms with Gasteiger partial charge in [-0.1, -0.05) is 6.92 Å². The van der Waals surface area contributed by atoms with Crippen LogP contribution in [0.25, 0.3) is 0 Å². The lowest BCUT2D eigenvalue weighted by atomic mass is 10.1. The first-order valence-electron chi connectivity index (χ1n) is 6.63. The molecular weight excluding hydrogens is 282 g/mol. The van der Waals surface area contributed by atoms with Crippen molar-refractivity contribution in [2.24, 2.45) is 0 Å². The highest BCUT2D eigenvalue weighted by Crippen LogP contribution is 2.28. The minimum Gasteiger partial charge on any atom is -0.475 e. The monoisotopic (exact) mass is 301 g/mol. The van der Waals surface area contributed by atoms with E-state index in [4.69, 9.17) is 9.52 Å². The van der Waals surface area contributed by atoms with Crippen molar-refractivity contribution < 1.29 is 22.7 Å². The Balaban J connectivity index is 2.16. The molecule has 7 heteroatoms. The number of carboxylic acids is 1. The molecule has 2 unspecified atom stereocenters. The van der Waals surface area contributed by atoms with Crippen LogP contribution in [-0.2, 0) is 9.84 Å². The number of carbonyl (C=O) groups is 1. The van der Waals surface area contributed by atoms with Gasteiger partial charge >= 0.3 is 5.97 Å². The Labute approximate surface area is 118 Å². The molecule has 0 aromatic carbocycles. The van der Waals surface area contributed by atoms with Gasteiger partial charge in [-0.05, 0) is 32.0 Å². The van der Waals surface area contributed by atoms with Gasteiger partial charge in [0.1, 0.15) is 5.76 Å². The first-order chi connectivity index (χ1) is 9.34. The van der Waals surface area contributed by atoms with E-state index in [-0.39, 0.29) is 29.3 Å². The molecule has 2 atom stereocenters. The van der Waals surface area contributed by atoms with Gasteiger partial charge in [-0.2, -0.15) is 0 Å². The van der Waals surface area contributed by atoms with E-state index in [0.29, 0.717) is 18.7 Å². The highest BCUT2D eigenvalue weighted by atomic mass is 32.2. The number of hydrogen-bond acceptors (Lipinski definition) is 5. The van der Waals surface area contributed by atoms with Crippen LogP contribution in [0.1, 0.15) is 42.6 Å². The van der Waals surface area contributed by atoms with Gasteiger partial charge in [-0.15, -0.1) is 0 Å². The van der Waals surface area contributed by atoms with E-state index in [9.17, 15) is 13.2 Å². The summed E-state index contributed by atoms with van der Waals surface area (Å²) >= 11 is 0. The van der Waals surface area contributed by atoms with Gasteiger partial charge in [0, 0.05) is 6.04 Å². The first kappa shape index (κ1) is 15.1. The van der Waals surface area contributed by atoms with Crippen molar-refractivity contribution in [2.75, 3.05) is 18.1 Å². The van der Waals surface area contributed by atoms with Crippen molar-refractivity contribution in [3.05, 3.63) is 23.7 Å². The summed E-state index contributed by atoms with van der Waals surface area (Å²) in [4.78, 5) is 12.9. The lowest BCUT2D eigenvalue weighted by Gasteiger charge is -2.31. The van der Waals surface area contributed by atoms with Gasteiger partial charge < -0.3 is 9.52 Å². The van der Waals surface area contributed by atoms with Gasteiger partial charge in [0.05, 0.1) is 17.5 Å². The Kier molecular flexibility index (Phi) is 4.19. The predicted octanol–water partition coefficient (Wildman–Crippen LogP) is 1.55. The zero-order valence-electron chi connectivity index (χ0n) is 11.6. The van der Waals surface area contributed by atoms with Crippen LogP contribution >= 0.6 is 0 Å². The first-order valence-corrected chi connectivity index (χ1v) is 8.45. The molecule has 1 saturated heterocycles. The number of nitrogens with zero attached hydrogens (tertiary/aromatic N) is 1. The topological polar surface area (TPSA) is 87.8 Å². The molecule has 112 valence electrons. The lowest BCUT2D eigenvalue weighted by Crippen LogP contribution is -2.37. The number of carboxylic acid groups (broad SMARTS) is 1. The fraction of sp³-hybridized carbons (Fsp3) is 0.615. The Bertz CT molecular complexity index is 592. The minimum atomic E-state index is -2.94. The van der Waals surface area contributed by atoms with Gasteiger partial charge in [-0.3, -0.25) is 4.90 Å². The average Bonchev–Trinajstić information content (AvgIpc) is 2.97. The quantitative estimate of drug-likeness (QED) is 0.887. The van der Waals surface area contributed by atoms with E-state index in [2.05, 4.69) is 4.90 Å². The molecule has 1 aliphatic heterocycles. The van der Waals surface area contributed by atoms with Gasteiger partial charge in [0.2, 0.25) is 5.76 Å². The summed E-state index contributed by atoms with van der Waals surface area (Å²) in [6, 6.07) is 2.89. The van der Waals surface area contributed by atoms with Gasteiger partial charge in [0.15, 0.2) is 9.84 Å². The van der Waals surface area contributed by atoms with E-state index in [1.54, 1.807) is 6.07 Å². The smallest absolute Gasteiger partial charge is 0.371 e. The predicted molar refractivity (Wildman–Crippen MR) is 73.5 cm³/mol. The van der Waals surface area contributed by atoms with E-state index in [1.807, 2.05) is 13.8 Å². The van der Waals surface area contributed by atoms with Crippen LogP contribution in [0.2, 0.25) is 0 Å². The van der Waals surface area contributed by atoms with E-state index >= 15 is 0 Å². The summed E-state index contributed by atoms with van der Waals surface area (Å²) in [7, 11) is -2.94. The van der Waals surface area contributed by atoms with E-state index in [0.717, 1.165) is 0 Å². The van der Waals surface area contributed by atoms with Crippen LogP contribution in [0.3, 0.4) is 0 Å². The van der Waals surface area contributed by atoms with Crippen molar-refractivity contribution in [1.82, 2.24) is 4.90 Å². The molecule has 2 rings (SSSR count). The number of sulfone groups is 1. The maximum absolute atomic E-state index is 11.6. The second-order valence-corrected chi connectivity index (χ2v) is 7.30. The van der Waals surface area contributed by atoms with Crippen molar-refractivity contribution in [3.8, 4) is 0 Å². The normalized spacial score (nSPS) is 23.1. The molecule has 0 radical (unpaired) electrons. The third-order valence-corrected chi connectivity index (χ3v) is 5.54. The second-order valence-electron chi connectivity index (χ2n) is 5.07. The molecule has 0 saturated carbocycles. The summed E-state index contributed by atoms with van der Waals surface area (Å²) in [5, 5.41) is 8.87. The summed E-state index contributed by atoms with van der Waals surface area (Å²) in [6.07, 6.45) is 0.618. The third kappa shape index (κ3) is 3.04. The highest BCUT2D eigenvalue weighted by Gasteiger charge is 2.34. The number of aromatic carboxylic acids is 1. The number of rotatable bonds is 5. The van der Waals surface area contributed by atoms with Crippen LogP contribution in [0.15, 0.2) is 16.5 Å². The Morgan fingerprint density at radius 1 is 1.55 bits per heavy atom. The van der Waals surface area contributed by atoms with Gasteiger partial charge in [0.25, 0.3) is 0 Å². The fourth-order valence-electron chi connectivity index (χ4n) is 2.74. The van der Waals surface area contributed by atoms with Crippen LogP contribution in [-0.4, -0.2) is 48.5 Å². The van der Waals surface area contributed by atoms with Crippen molar-refractivity contribution >= 4 is 15.8 Å². The minimum absolute atomic E-state index is 0.0293. The largest absolute Gasteiger partial charge is 0.475 e. The van der Waals surface area contributed by atoms with Crippen LogP contribution < -0.4 is 0 Å². The lowest BCUT2D eigenvalue weighted by molar-refractivity contribution is 0.0654. The number of hydrogen-bond donors (Lipinski definition) is 1. The molecule has 0 amide bonds. The average molecular weight is 301 g/mol. The molecule has 0 spiro atoms. The van der Waals surface area contributed by atoms with Gasteiger partial charge in [-0.25, -0.2) is 13.2 Å². The molecule has 0 bridgehead atoms. The van der Waals surface area contributed by atoms with Crippen molar-refractivity contribution in [3.63, 3.8) is 0 Å².